The van der Waals surface area contributed by atoms with Crippen LogP contribution in [0.15, 0.2) is 30.3 Å². The third kappa shape index (κ3) is 2.38. The number of rotatable bonds is 2. The van der Waals surface area contributed by atoms with Crippen molar-refractivity contribution in [1.82, 2.24) is 0 Å². The molecule has 3 heteroatoms. The molecule has 0 amide bonds. The van der Waals surface area contributed by atoms with Gasteiger partial charge in [0, 0.05) is 11.3 Å². The fraction of sp³-hybridized carbons (Fsp3) is 0.611. The van der Waals surface area contributed by atoms with Crippen LogP contribution in [0.25, 0.3) is 0 Å². The van der Waals surface area contributed by atoms with E-state index in [4.69, 9.17) is 9.47 Å². The molecule has 0 aromatic heterocycles. The van der Waals surface area contributed by atoms with E-state index < -0.39 is 11.9 Å². The van der Waals surface area contributed by atoms with Crippen molar-refractivity contribution in [2.45, 2.75) is 58.3 Å². The van der Waals surface area contributed by atoms with E-state index in [0.29, 0.717) is 0 Å². The summed E-state index contributed by atoms with van der Waals surface area (Å²) in [5, 5.41) is 0. The summed E-state index contributed by atoms with van der Waals surface area (Å²) in [6.45, 7) is 6.13. The SMILES string of the molecule is CC(C)(C)[C@@H]1OC(=O)[C@@](c2ccccc2)(C2CCCC2)O1. The average Bonchev–Trinajstić information content (AvgIpc) is 3.07. The zero-order valence-corrected chi connectivity index (χ0v) is 13.1. The minimum Gasteiger partial charge on any atom is -0.433 e. The van der Waals surface area contributed by atoms with Gasteiger partial charge in [0.2, 0.25) is 6.29 Å². The van der Waals surface area contributed by atoms with E-state index in [2.05, 4.69) is 0 Å². The van der Waals surface area contributed by atoms with Crippen LogP contribution in [0.4, 0.5) is 0 Å². The molecule has 2 atom stereocenters. The van der Waals surface area contributed by atoms with Crippen LogP contribution in [0.5, 0.6) is 0 Å². The molecular weight excluding hydrogens is 264 g/mol. The zero-order chi connectivity index (χ0) is 15.1. The van der Waals surface area contributed by atoms with Gasteiger partial charge >= 0.3 is 5.97 Å². The van der Waals surface area contributed by atoms with E-state index in [1.54, 1.807) is 0 Å². The normalized spacial score (nSPS) is 30.6. The predicted octanol–water partition coefficient (Wildman–Crippen LogP) is 4.02. The molecule has 1 aromatic rings. The molecule has 1 heterocycles. The van der Waals surface area contributed by atoms with Crippen LogP contribution in [-0.2, 0) is 19.9 Å². The Bertz CT molecular complexity index is 511. The molecule has 0 radical (unpaired) electrons. The van der Waals surface area contributed by atoms with Crippen molar-refractivity contribution in [3.8, 4) is 0 Å². The molecule has 0 bridgehead atoms. The second kappa shape index (κ2) is 5.13. The van der Waals surface area contributed by atoms with Crippen molar-refractivity contribution in [1.29, 1.82) is 0 Å². The van der Waals surface area contributed by atoms with E-state index >= 15 is 0 Å². The minimum atomic E-state index is -0.907. The lowest BCUT2D eigenvalue weighted by molar-refractivity contribution is -0.162. The monoisotopic (exact) mass is 288 g/mol. The van der Waals surface area contributed by atoms with Gasteiger partial charge in [-0.25, -0.2) is 4.79 Å². The van der Waals surface area contributed by atoms with Crippen LogP contribution >= 0.6 is 0 Å². The Labute approximate surface area is 126 Å². The minimum absolute atomic E-state index is 0.208. The maximum atomic E-state index is 12.8. The summed E-state index contributed by atoms with van der Waals surface area (Å²) < 4.78 is 12.0. The fourth-order valence-corrected chi connectivity index (χ4v) is 3.48. The van der Waals surface area contributed by atoms with Crippen LogP contribution in [-0.4, -0.2) is 12.3 Å². The van der Waals surface area contributed by atoms with Gasteiger partial charge in [0.15, 0.2) is 5.60 Å². The molecule has 0 spiro atoms. The Balaban J connectivity index is 2.03. The number of ether oxygens (including phenoxy) is 2. The van der Waals surface area contributed by atoms with Crippen LogP contribution in [0.2, 0.25) is 0 Å². The summed E-state index contributed by atoms with van der Waals surface area (Å²) >= 11 is 0. The summed E-state index contributed by atoms with van der Waals surface area (Å²) in [5.74, 6) is 0.0141. The number of benzene rings is 1. The molecule has 114 valence electrons. The molecule has 1 aliphatic carbocycles. The highest BCUT2D eigenvalue weighted by Gasteiger charge is 2.59. The molecule has 0 N–H and O–H groups in total. The smallest absolute Gasteiger partial charge is 0.345 e. The van der Waals surface area contributed by atoms with Gasteiger partial charge in [0.05, 0.1) is 0 Å². The van der Waals surface area contributed by atoms with Gasteiger partial charge < -0.3 is 9.47 Å². The standard InChI is InChI=1S/C18H24O3/c1-17(2,3)16-20-15(19)18(21-16,14-11-7-8-12-14)13-9-5-4-6-10-13/h4-6,9-10,14,16H,7-8,11-12H2,1-3H3/t16-,18-/m1/s1. The van der Waals surface area contributed by atoms with E-state index in [1.807, 2.05) is 51.1 Å². The highest BCUT2D eigenvalue weighted by atomic mass is 16.8. The second-order valence-electron chi connectivity index (χ2n) is 7.30. The summed E-state index contributed by atoms with van der Waals surface area (Å²) in [6.07, 6.45) is 3.90. The topological polar surface area (TPSA) is 35.5 Å². The van der Waals surface area contributed by atoms with Crippen molar-refractivity contribution in [2.24, 2.45) is 11.3 Å². The number of carbonyl (C=O) groups excluding carboxylic acids is 1. The Morgan fingerprint density at radius 2 is 1.71 bits per heavy atom. The lowest BCUT2D eigenvalue weighted by Gasteiger charge is -2.33. The number of hydrogen-bond acceptors (Lipinski definition) is 3. The van der Waals surface area contributed by atoms with Crippen LogP contribution < -0.4 is 0 Å². The van der Waals surface area contributed by atoms with Crippen LogP contribution in [0.3, 0.4) is 0 Å². The second-order valence-corrected chi connectivity index (χ2v) is 7.30. The van der Waals surface area contributed by atoms with Gasteiger partial charge in [-0.15, -0.1) is 0 Å². The number of carbonyl (C=O) groups is 1. The molecule has 3 nitrogen and oxygen atoms in total. The number of cyclic esters (lactones) is 1. The van der Waals surface area contributed by atoms with Gasteiger partial charge in [-0.2, -0.15) is 0 Å². The number of esters is 1. The largest absolute Gasteiger partial charge is 0.433 e. The third-order valence-corrected chi connectivity index (χ3v) is 4.65. The molecule has 21 heavy (non-hydrogen) atoms. The first-order valence-corrected chi connectivity index (χ1v) is 7.89. The van der Waals surface area contributed by atoms with Gasteiger partial charge in [0.1, 0.15) is 0 Å². The Morgan fingerprint density at radius 1 is 1.10 bits per heavy atom. The summed E-state index contributed by atoms with van der Waals surface area (Å²) in [6, 6.07) is 9.88. The highest BCUT2D eigenvalue weighted by molar-refractivity contribution is 5.83. The van der Waals surface area contributed by atoms with E-state index in [0.717, 1.165) is 31.2 Å². The molecular formula is C18H24O3. The van der Waals surface area contributed by atoms with Crippen molar-refractivity contribution in [3.05, 3.63) is 35.9 Å². The van der Waals surface area contributed by atoms with Crippen molar-refractivity contribution >= 4 is 5.97 Å². The van der Waals surface area contributed by atoms with Gasteiger partial charge in [-0.05, 0) is 18.4 Å². The third-order valence-electron chi connectivity index (χ3n) is 4.65. The van der Waals surface area contributed by atoms with Crippen LogP contribution in [0, 0.1) is 11.3 Å². The van der Waals surface area contributed by atoms with Gasteiger partial charge in [0.25, 0.3) is 0 Å². The van der Waals surface area contributed by atoms with E-state index in [1.165, 1.54) is 0 Å². The molecule has 1 saturated carbocycles. The molecule has 1 aromatic carbocycles. The summed E-state index contributed by atoms with van der Waals surface area (Å²) in [5.41, 5.74) is -0.186. The first-order chi connectivity index (χ1) is 9.94. The quantitative estimate of drug-likeness (QED) is 0.771. The maximum absolute atomic E-state index is 12.8. The Kier molecular flexibility index (Phi) is 3.56. The highest BCUT2D eigenvalue weighted by Crippen LogP contribution is 2.50. The Hall–Kier alpha value is -1.35. The van der Waals surface area contributed by atoms with Crippen molar-refractivity contribution in [3.63, 3.8) is 0 Å². The summed E-state index contributed by atoms with van der Waals surface area (Å²) in [7, 11) is 0. The van der Waals surface area contributed by atoms with Crippen LogP contribution in [0.1, 0.15) is 52.0 Å². The molecule has 0 unspecified atom stereocenters. The van der Waals surface area contributed by atoms with Crippen molar-refractivity contribution in [2.75, 3.05) is 0 Å². The fourth-order valence-electron chi connectivity index (χ4n) is 3.48. The van der Waals surface area contributed by atoms with Crippen molar-refractivity contribution < 1.29 is 14.3 Å². The lowest BCUT2D eigenvalue weighted by atomic mass is 9.80. The molecule has 1 saturated heterocycles. The van der Waals surface area contributed by atoms with E-state index in [9.17, 15) is 4.79 Å². The molecule has 2 fully saturated rings. The first kappa shape index (κ1) is 14.6. The summed E-state index contributed by atoms with van der Waals surface area (Å²) in [4.78, 5) is 12.8. The first-order valence-electron chi connectivity index (χ1n) is 7.89. The predicted molar refractivity (Wildman–Crippen MR) is 80.5 cm³/mol. The van der Waals surface area contributed by atoms with Gasteiger partial charge in [-0.1, -0.05) is 63.9 Å². The maximum Gasteiger partial charge on any atom is 0.345 e. The van der Waals surface area contributed by atoms with E-state index in [-0.39, 0.29) is 17.3 Å². The van der Waals surface area contributed by atoms with Gasteiger partial charge in [-0.3, -0.25) is 0 Å². The average molecular weight is 288 g/mol. The molecule has 3 rings (SSSR count). The number of hydrogen-bond donors (Lipinski definition) is 0. The molecule has 1 aliphatic heterocycles. The lowest BCUT2D eigenvalue weighted by Crippen LogP contribution is -2.41. The molecule has 2 aliphatic rings. The zero-order valence-electron chi connectivity index (χ0n) is 13.1. The Morgan fingerprint density at radius 3 is 2.24 bits per heavy atom.